The minimum absolute atomic E-state index is 0.259. The molecule has 0 aliphatic rings. The van der Waals surface area contributed by atoms with Gasteiger partial charge in [-0.3, -0.25) is 4.98 Å². The second-order valence-electron chi connectivity index (χ2n) is 4.53. The maximum Gasteiger partial charge on any atom is 0.335 e. The number of carboxylic acid groups (broad SMARTS) is 1. The highest BCUT2D eigenvalue weighted by Crippen LogP contribution is 2.22. The van der Waals surface area contributed by atoms with Gasteiger partial charge < -0.3 is 10.0 Å². The molecule has 0 aliphatic carbocycles. The van der Waals surface area contributed by atoms with Crippen molar-refractivity contribution in [3.8, 4) is 0 Å². The van der Waals surface area contributed by atoms with Gasteiger partial charge in [-0.15, -0.1) is 0 Å². The van der Waals surface area contributed by atoms with Gasteiger partial charge in [-0.2, -0.15) is 0 Å². The first-order valence-corrected chi connectivity index (χ1v) is 6.50. The van der Waals surface area contributed by atoms with E-state index in [9.17, 15) is 9.90 Å². The number of nitrogens with zero attached hydrogens (tertiary/aromatic N) is 3. The lowest BCUT2D eigenvalue weighted by Crippen LogP contribution is -2.14. The summed E-state index contributed by atoms with van der Waals surface area (Å²) in [6, 6.07) is 6.95. The van der Waals surface area contributed by atoms with E-state index in [2.05, 4.69) is 9.97 Å². The van der Waals surface area contributed by atoms with Crippen LogP contribution in [0.5, 0.6) is 0 Å². The number of anilines is 2. The number of rotatable bonds is 5. The summed E-state index contributed by atoms with van der Waals surface area (Å²) in [7, 11) is 1.85. The zero-order valence-electron chi connectivity index (χ0n) is 11.6. The van der Waals surface area contributed by atoms with Crippen molar-refractivity contribution in [2.45, 2.75) is 19.8 Å². The van der Waals surface area contributed by atoms with E-state index in [0.717, 1.165) is 24.2 Å². The van der Waals surface area contributed by atoms with Crippen LogP contribution in [0.1, 0.15) is 29.4 Å². The van der Waals surface area contributed by atoms with Crippen LogP contribution in [-0.4, -0.2) is 28.1 Å². The molecule has 0 radical (unpaired) electrons. The monoisotopic (exact) mass is 271 g/mol. The van der Waals surface area contributed by atoms with Gasteiger partial charge in [0, 0.05) is 18.9 Å². The molecule has 104 valence electrons. The summed E-state index contributed by atoms with van der Waals surface area (Å²) in [5.74, 6) is -0.327. The van der Waals surface area contributed by atoms with E-state index < -0.39 is 5.97 Å². The lowest BCUT2D eigenvalue weighted by atomic mass is 10.1. The Bertz CT molecular complexity index is 599. The molecule has 20 heavy (non-hydrogen) atoms. The maximum absolute atomic E-state index is 11.2. The molecule has 5 heteroatoms. The van der Waals surface area contributed by atoms with E-state index in [0.29, 0.717) is 5.82 Å². The van der Waals surface area contributed by atoms with Gasteiger partial charge in [0.15, 0.2) is 0 Å². The van der Waals surface area contributed by atoms with Crippen molar-refractivity contribution in [3.05, 3.63) is 47.9 Å². The van der Waals surface area contributed by atoms with Crippen LogP contribution in [0.25, 0.3) is 0 Å². The van der Waals surface area contributed by atoms with Crippen molar-refractivity contribution in [3.63, 3.8) is 0 Å². The summed E-state index contributed by atoms with van der Waals surface area (Å²) in [5, 5.41) is 9.20. The second-order valence-corrected chi connectivity index (χ2v) is 4.53. The molecule has 2 aromatic rings. The topological polar surface area (TPSA) is 66.3 Å². The molecule has 0 saturated carbocycles. The molecule has 0 spiro atoms. The summed E-state index contributed by atoms with van der Waals surface area (Å²) in [6.07, 6.45) is 5.09. The number of aromatic nitrogens is 2. The number of aromatic carboxylic acids is 1. The van der Waals surface area contributed by atoms with E-state index in [1.165, 1.54) is 0 Å². The minimum Gasteiger partial charge on any atom is -0.478 e. The van der Waals surface area contributed by atoms with Gasteiger partial charge >= 0.3 is 5.97 Å². The Kier molecular flexibility index (Phi) is 4.30. The zero-order chi connectivity index (χ0) is 14.5. The van der Waals surface area contributed by atoms with Crippen LogP contribution in [0.2, 0.25) is 0 Å². The van der Waals surface area contributed by atoms with Crippen LogP contribution in [0, 0.1) is 0 Å². The maximum atomic E-state index is 11.2. The third-order valence-electron chi connectivity index (χ3n) is 2.99. The quantitative estimate of drug-likeness (QED) is 0.905. The number of hydrogen-bond acceptors (Lipinski definition) is 4. The molecular weight excluding hydrogens is 254 g/mol. The van der Waals surface area contributed by atoms with Crippen molar-refractivity contribution >= 4 is 17.5 Å². The van der Waals surface area contributed by atoms with Crippen molar-refractivity contribution in [1.29, 1.82) is 0 Å². The van der Waals surface area contributed by atoms with Crippen LogP contribution in [0.15, 0.2) is 36.7 Å². The molecule has 1 N–H and O–H groups in total. The first kappa shape index (κ1) is 14.0. The Morgan fingerprint density at radius 1 is 1.40 bits per heavy atom. The van der Waals surface area contributed by atoms with Crippen molar-refractivity contribution in [2.24, 2.45) is 0 Å². The summed E-state index contributed by atoms with van der Waals surface area (Å²) in [6.45, 7) is 2.04. The van der Waals surface area contributed by atoms with E-state index >= 15 is 0 Å². The van der Waals surface area contributed by atoms with Gasteiger partial charge in [-0.25, -0.2) is 9.78 Å². The van der Waals surface area contributed by atoms with Crippen LogP contribution < -0.4 is 4.90 Å². The van der Waals surface area contributed by atoms with Crippen LogP contribution in [0.4, 0.5) is 11.5 Å². The number of hydrogen-bond donors (Lipinski definition) is 1. The summed E-state index contributed by atoms with van der Waals surface area (Å²) >= 11 is 0. The normalized spacial score (nSPS) is 10.3. The second kappa shape index (κ2) is 6.14. The van der Waals surface area contributed by atoms with Gasteiger partial charge in [0.05, 0.1) is 17.4 Å². The van der Waals surface area contributed by atoms with Gasteiger partial charge in [0.2, 0.25) is 0 Å². The van der Waals surface area contributed by atoms with Crippen LogP contribution in [-0.2, 0) is 6.42 Å². The summed E-state index contributed by atoms with van der Waals surface area (Å²) in [4.78, 5) is 21.6. The standard InChI is InChI=1S/C15H17N3O2/c1-3-5-12-8-11(15(19)20)9-14(17-12)18(2)13-6-4-7-16-10-13/h4,6-10H,3,5H2,1-2H3,(H,19,20). The number of aryl methyl sites for hydroxylation is 1. The van der Waals surface area contributed by atoms with E-state index in [1.54, 1.807) is 24.5 Å². The highest BCUT2D eigenvalue weighted by atomic mass is 16.4. The van der Waals surface area contributed by atoms with Crippen LogP contribution in [0.3, 0.4) is 0 Å². The molecule has 0 amide bonds. The van der Waals surface area contributed by atoms with Crippen molar-refractivity contribution in [2.75, 3.05) is 11.9 Å². The molecule has 2 rings (SSSR count). The average Bonchev–Trinajstić information content (AvgIpc) is 2.47. The zero-order valence-corrected chi connectivity index (χ0v) is 11.6. The number of carboxylic acids is 1. The lowest BCUT2D eigenvalue weighted by molar-refractivity contribution is 0.0696. The molecule has 0 atom stereocenters. The predicted octanol–water partition coefficient (Wildman–Crippen LogP) is 2.90. The van der Waals surface area contributed by atoms with E-state index in [4.69, 9.17) is 0 Å². The van der Waals surface area contributed by atoms with Gasteiger partial charge in [-0.1, -0.05) is 13.3 Å². The highest BCUT2D eigenvalue weighted by molar-refractivity contribution is 5.89. The van der Waals surface area contributed by atoms with Crippen LogP contribution >= 0.6 is 0 Å². The molecule has 0 unspecified atom stereocenters. The van der Waals surface area contributed by atoms with Gasteiger partial charge in [-0.05, 0) is 30.7 Å². The highest BCUT2D eigenvalue weighted by Gasteiger charge is 2.12. The first-order chi connectivity index (χ1) is 9.61. The Labute approximate surface area is 117 Å². The molecular formula is C15H17N3O2. The van der Waals surface area contributed by atoms with Crippen molar-refractivity contribution in [1.82, 2.24) is 9.97 Å². The minimum atomic E-state index is -0.939. The average molecular weight is 271 g/mol. The summed E-state index contributed by atoms with van der Waals surface area (Å²) < 4.78 is 0. The molecule has 0 aliphatic heterocycles. The third-order valence-corrected chi connectivity index (χ3v) is 2.99. The molecule has 5 nitrogen and oxygen atoms in total. The Morgan fingerprint density at radius 3 is 2.80 bits per heavy atom. The molecule has 0 saturated heterocycles. The fourth-order valence-electron chi connectivity index (χ4n) is 1.94. The number of pyridine rings is 2. The van der Waals surface area contributed by atoms with Gasteiger partial charge in [0.1, 0.15) is 5.82 Å². The van der Waals surface area contributed by atoms with Gasteiger partial charge in [0.25, 0.3) is 0 Å². The Morgan fingerprint density at radius 2 is 2.20 bits per heavy atom. The predicted molar refractivity (Wildman–Crippen MR) is 77.5 cm³/mol. The van der Waals surface area contributed by atoms with E-state index in [-0.39, 0.29) is 5.56 Å². The molecule has 2 aromatic heterocycles. The Balaban J connectivity index is 2.42. The largest absolute Gasteiger partial charge is 0.478 e. The molecule has 0 bridgehead atoms. The molecule has 0 fully saturated rings. The fourth-order valence-corrected chi connectivity index (χ4v) is 1.94. The summed E-state index contributed by atoms with van der Waals surface area (Å²) in [5.41, 5.74) is 1.91. The third kappa shape index (κ3) is 3.12. The Hall–Kier alpha value is -2.43. The SMILES string of the molecule is CCCc1cc(C(=O)O)cc(N(C)c2cccnc2)n1. The van der Waals surface area contributed by atoms with Crippen molar-refractivity contribution < 1.29 is 9.90 Å². The molecule has 2 heterocycles. The fraction of sp³-hybridized carbons (Fsp3) is 0.267. The smallest absolute Gasteiger partial charge is 0.335 e. The van der Waals surface area contributed by atoms with E-state index in [1.807, 2.05) is 31.0 Å². The number of carbonyl (C=O) groups is 1. The molecule has 0 aromatic carbocycles. The lowest BCUT2D eigenvalue weighted by Gasteiger charge is -2.19. The first-order valence-electron chi connectivity index (χ1n) is 6.50.